The number of carbonyl (C=O) groups excluding carboxylic acids is 1. The van der Waals surface area contributed by atoms with Crippen LogP contribution >= 0.6 is 0 Å². The van der Waals surface area contributed by atoms with Crippen LogP contribution in [-0.2, 0) is 17.6 Å². The fraction of sp³-hybridized carbons (Fsp3) is 0.133. The van der Waals surface area contributed by atoms with Crippen LogP contribution in [0.2, 0.25) is 0 Å². The Labute approximate surface area is 105 Å². The average molecular weight is 244 g/mol. The minimum Gasteiger partial charge on any atom is -0.508 e. The molecule has 2 nitrogen and oxygen atoms in total. The number of Topliss-reactive ketones (excluding diaryl/α,β-unsaturated/α-hetero) is 1. The number of benzene rings is 2. The molecule has 92 valence electrons. The lowest BCUT2D eigenvalue weighted by Gasteiger charge is -2.03. The molecule has 0 radical (unpaired) electrons. The van der Waals surface area contributed by atoms with Crippen LogP contribution < -0.4 is 0 Å². The summed E-state index contributed by atoms with van der Waals surface area (Å²) in [5.74, 6) is -0.234. The van der Waals surface area contributed by atoms with E-state index in [1.54, 1.807) is 30.3 Å². The fourth-order valence-electron chi connectivity index (χ4n) is 1.76. The summed E-state index contributed by atoms with van der Waals surface area (Å²) in [6.45, 7) is 0. The van der Waals surface area contributed by atoms with Crippen molar-refractivity contribution < 1.29 is 14.3 Å². The number of phenols is 1. The molecule has 0 atom stereocenters. The first-order valence-electron chi connectivity index (χ1n) is 5.68. The van der Waals surface area contributed by atoms with Gasteiger partial charge in [0.25, 0.3) is 0 Å². The maximum atomic E-state index is 13.4. The van der Waals surface area contributed by atoms with Crippen LogP contribution in [-0.4, -0.2) is 10.9 Å². The molecule has 0 aliphatic carbocycles. The van der Waals surface area contributed by atoms with Gasteiger partial charge in [-0.25, -0.2) is 4.39 Å². The SMILES string of the molecule is O=C(Cc1ccc(O)cc1)Cc1ccccc1F. The summed E-state index contributed by atoms with van der Waals surface area (Å²) in [5.41, 5.74) is 1.23. The van der Waals surface area contributed by atoms with Gasteiger partial charge in [-0.2, -0.15) is 0 Å². The zero-order valence-electron chi connectivity index (χ0n) is 9.77. The van der Waals surface area contributed by atoms with E-state index in [0.29, 0.717) is 5.56 Å². The summed E-state index contributed by atoms with van der Waals surface area (Å²) in [5, 5.41) is 9.13. The normalized spacial score (nSPS) is 10.3. The quantitative estimate of drug-likeness (QED) is 0.897. The standard InChI is InChI=1S/C15H13FO2/c16-15-4-2-1-3-12(15)10-14(18)9-11-5-7-13(17)8-6-11/h1-8,17H,9-10H2. The second kappa shape index (κ2) is 5.45. The van der Waals surface area contributed by atoms with Crippen LogP contribution in [0.1, 0.15) is 11.1 Å². The van der Waals surface area contributed by atoms with Crippen LogP contribution in [0, 0.1) is 5.82 Å². The lowest BCUT2D eigenvalue weighted by atomic mass is 10.0. The van der Waals surface area contributed by atoms with Crippen molar-refractivity contribution in [1.29, 1.82) is 0 Å². The molecule has 1 N–H and O–H groups in total. The maximum absolute atomic E-state index is 13.4. The lowest BCUT2D eigenvalue weighted by molar-refractivity contribution is -0.117. The number of halogens is 1. The van der Waals surface area contributed by atoms with E-state index in [9.17, 15) is 9.18 Å². The monoisotopic (exact) mass is 244 g/mol. The molecule has 0 aliphatic rings. The molecule has 0 bridgehead atoms. The molecule has 0 unspecified atom stereocenters. The van der Waals surface area contributed by atoms with E-state index in [-0.39, 0.29) is 30.2 Å². The van der Waals surface area contributed by atoms with Gasteiger partial charge in [-0.3, -0.25) is 4.79 Å². The maximum Gasteiger partial charge on any atom is 0.141 e. The Hall–Kier alpha value is -2.16. The average Bonchev–Trinajstić information content (AvgIpc) is 2.35. The number of hydrogen-bond acceptors (Lipinski definition) is 2. The summed E-state index contributed by atoms with van der Waals surface area (Å²) in [7, 11) is 0. The number of phenolic OH excluding ortho intramolecular Hbond substituents is 1. The van der Waals surface area contributed by atoms with Crippen molar-refractivity contribution >= 4 is 5.78 Å². The molecule has 18 heavy (non-hydrogen) atoms. The van der Waals surface area contributed by atoms with Crippen molar-refractivity contribution in [2.24, 2.45) is 0 Å². The van der Waals surface area contributed by atoms with E-state index >= 15 is 0 Å². The third-order valence-corrected chi connectivity index (χ3v) is 2.68. The number of ketones is 1. The Kier molecular flexibility index (Phi) is 3.72. The van der Waals surface area contributed by atoms with Gasteiger partial charge in [0.1, 0.15) is 17.3 Å². The van der Waals surface area contributed by atoms with E-state index in [1.807, 2.05) is 0 Å². The van der Waals surface area contributed by atoms with Gasteiger partial charge in [-0.05, 0) is 29.3 Å². The van der Waals surface area contributed by atoms with Crippen molar-refractivity contribution in [3.8, 4) is 5.75 Å². The Morgan fingerprint density at radius 1 is 1.00 bits per heavy atom. The van der Waals surface area contributed by atoms with Crippen molar-refractivity contribution in [1.82, 2.24) is 0 Å². The number of rotatable bonds is 4. The van der Waals surface area contributed by atoms with E-state index in [0.717, 1.165) is 5.56 Å². The molecule has 2 rings (SSSR count). The van der Waals surface area contributed by atoms with E-state index in [4.69, 9.17) is 5.11 Å². The summed E-state index contributed by atoms with van der Waals surface area (Å²) >= 11 is 0. The highest BCUT2D eigenvalue weighted by atomic mass is 19.1. The van der Waals surface area contributed by atoms with Gasteiger partial charge in [0.15, 0.2) is 0 Å². The zero-order valence-corrected chi connectivity index (χ0v) is 9.77. The first kappa shape index (κ1) is 12.3. The largest absolute Gasteiger partial charge is 0.508 e. The Morgan fingerprint density at radius 3 is 2.33 bits per heavy atom. The topological polar surface area (TPSA) is 37.3 Å². The molecule has 0 saturated heterocycles. The van der Waals surface area contributed by atoms with Crippen molar-refractivity contribution in [2.75, 3.05) is 0 Å². The summed E-state index contributed by atoms with van der Waals surface area (Å²) in [6, 6.07) is 12.7. The Bertz CT molecular complexity index is 547. The first-order valence-corrected chi connectivity index (χ1v) is 5.68. The van der Waals surface area contributed by atoms with E-state index in [1.165, 1.54) is 18.2 Å². The molecule has 0 spiro atoms. The predicted molar refractivity (Wildman–Crippen MR) is 66.9 cm³/mol. The third kappa shape index (κ3) is 3.17. The fourth-order valence-corrected chi connectivity index (χ4v) is 1.76. The van der Waals surface area contributed by atoms with Crippen molar-refractivity contribution in [3.63, 3.8) is 0 Å². The third-order valence-electron chi connectivity index (χ3n) is 2.68. The van der Waals surface area contributed by atoms with Gasteiger partial charge < -0.3 is 5.11 Å². The van der Waals surface area contributed by atoms with Gasteiger partial charge in [0.05, 0.1) is 0 Å². The molecule has 0 heterocycles. The molecular weight excluding hydrogens is 231 g/mol. The lowest BCUT2D eigenvalue weighted by Crippen LogP contribution is -2.07. The highest BCUT2D eigenvalue weighted by Crippen LogP contribution is 2.12. The predicted octanol–water partition coefficient (Wildman–Crippen LogP) is 2.89. The second-order valence-corrected chi connectivity index (χ2v) is 4.15. The smallest absolute Gasteiger partial charge is 0.141 e. The Morgan fingerprint density at radius 2 is 1.67 bits per heavy atom. The van der Waals surface area contributed by atoms with Gasteiger partial charge in [-0.15, -0.1) is 0 Å². The van der Waals surface area contributed by atoms with Gasteiger partial charge in [0, 0.05) is 12.8 Å². The highest BCUT2D eigenvalue weighted by molar-refractivity contribution is 5.83. The molecule has 0 amide bonds. The molecule has 3 heteroatoms. The highest BCUT2D eigenvalue weighted by Gasteiger charge is 2.08. The summed E-state index contributed by atoms with van der Waals surface area (Å²) in [4.78, 5) is 11.8. The Balaban J connectivity index is 2.01. The van der Waals surface area contributed by atoms with E-state index < -0.39 is 0 Å². The number of hydrogen-bond donors (Lipinski definition) is 1. The summed E-state index contributed by atoms with van der Waals surface area (Å²) in [6.07, 6.45) is 0.335. The first-order chi connectivity index (χ1) is 8.65. The van der Waals surface area contributed by atoms with Crippen LogP contribution in [0.3, 0.4) is 0 Å². The molecule has 2 aromatic rings. The number of aromatic hydroxyl groups is 1. The number of carbonyl (C=O) groups is 1. The second-order valence-electron chi connectivity index (χ2n) is 4.15. The molecular formula is C15H13FO2. The van der Waals surface area contributed by atoms with E-state index in [2.05, 4.69) is 0 Å². The minimum atomic E-state index is -0.350. The molecule has 0 fully saturated rings. The van der Waals surface area contributed by atoms with Crippen LogP contribution in [0.15, 0.2) is 48.5 Å². The molecule has 0 aromatic heterocycles. The van der Waals surface area contributed by atoms with Gasteiger partial charge in [-0.1, -0.05) is 30.3 Å². The van der Waals surface area contributed by atoms with Gasteiger partial charge in [0.2, 0.25) is 0 Å². The molecule has 0 saturated carbocycles. The van der Waals surface area contributed by atoms with Crippen molar-refractivity contribution in [3.05, 3.63) is 65.5 Å². The summed E-state index contributed by atoms with van der Waals surface area (Å²) < 4.78 is 13.4. The zero-order chi connectivity index (χ0) is 13.0. The van der Waals surface area contributed by atoms with Crippen LogP contribution in [0.5, 0.6) is 5.75 Å². The van der Waals surface area contributed by atoms with Crippen LogP contribution in [0.4, 0.5) is 4.39 Å². The molecule has 0 aliphatic heterocycles. The van der Waals surface area contributed by atoms with Crippen LogP contribution in [0.25, 0.3) is 0 Å². The van der Waals surface area contributed by atoms with Gasteiger partial charge >= 0.3 is 0 Å². The molecule has 2 aromatic carbocycles. The minimum absolute atomic E-state index is 0.0502. The van der Waals surface area contributed by atoms with Crippen molar-refractivity contribution in [2.45, 2.75) is 12.8 Å².